The quantitative estimate of drug-likeness (QED) is 0.468. The number of carbonyl (C=O) groups excluding carboxylic acids is 1. The van der Waals surface area contributed by atoms with E-state index in [-0.39, 0.29) is 17.3 Å². The number of nitrogens with one attached hydrogen (secondary N) is 1. The van der Waals surface area contributed by atoms with E-state index in [4.69, 9.17) is 0 Å². The van der Waals surface area contributed by atoms with Gasteiger partial charge in [-0.05, 0) is 13.0 Å². The Labute approximate surface area is 92.0 Å². The van der Waals surface area contributed by atoms with Crippen LogP contribution in [0.5, 0.6) is 0 Å². The maximum atomic E-state index is 11.1. The molecule has 6 heteroatoms. The normalized spacial score (nSPS) is 9.73. The summed E-state index contributed by atoms with van der Waals surface area (Å²) in [6.45, 7) is 1.59. The van der Waals surface area contributed by atoms with E-state index in [9.17, 15) is 14.9 Å². The molecule has 0 radical (unpaired) electrons. The number of hydrogen-bond donors (Lipinski definition) is 2. The van der Waals surface area contributed by atoms with Crippen LogP contribution in [0, 0.1) is 17.0 Å². The van der Waals surface area contributed by atoms with Crippen LogP contribution in [0.1, 0.15) is 5.56 Å². The number of hydrogen-bond acceptors (Lipinski definition) is 4. The first-order valence-corrected chi connectivity index (χ1v) is 4.84. The lowest BCUT2D eigenvalue weighted by molar-refractivity contribution is -0.385. The van der Waals surface area contributed by atoms with Crippen LogP contribution < -0.4 is 5.32 Å². The number of benzene rings is 1. The van der Waals surface area contributed by atoms with E-state index in [1.54, 1.807) is 13.0 Å². The summed E-state index contributed by atoms with van der Waals surface area (Å²) in [5, 5.41) is 13.1. The van der Waals surface area contributed by atoms with Gasteiger partial charge in [-0.2, -0.15) is 12.6 Å². The van der Waals surface area contributed by atoms with Gasteiger partial charge in [-0.1, -0.05) is 6.07 Å². The van der Waals surface area contributed by atoms with Gasteiger partial charge in [0.15, 0.2) is 0 Å². The minimum Gasteiger partial charge on any atom is -0.325 e. The Kier molecular flexibility index (Phi) is 3.68. The summed E-state index contributed by atoms with van der Waals surface area (Å²) < 4.78 is 0. The van der Waals surface area contributed by atoms with Gasteiger partial charge in [0.1, 0.15) is 0 Å². The summed E-state index contributed by atoms with van der Waals surface area (Å²) >= 11 is 3.80. The molecule has 0 atom stereocenters. The third-order valence-corrected chi connectivity index (χ3v) is 2.21. The van der Waals surface area contributed by atoms with E-state index < -0.39 is 4.92 Å². The molecule has 1 aromatic rings. The zero-order valence-corrected chi connectivity index (χ0v) is 8.95. The summed E-state index contributed by atoms with van der Waals surface area (Å²) in [7, 11) is 0. The molecule has 0 saturated carbocycles. The number of nitro benzene ring substituents is 1. The predicted octanol–water partition coefficient (Wildman–Crippen LogP) is 1.77. The van der Waals surface area contributed by atoms with Crippen LogP contribution in [-0.4, -0.2) is 16.6 Å². The first kappa shape index (κ1) is 11.5. The zero-order valence-electron chi connectivity index (χ0n) is 8.06. The maximum absolute atomic E-state index is 11.1. The minimum absolute atomic E-state index is 0.00744. The van der Waals surface area contributed by atoms with Crippen molar-refractivity contribution in [3.8, 4) is 0 Å². The van der Waals surface area contributed by atoms with E-state index in [0.29, 0.717) is 11.3 Å². The number of nitrogens with zero attached hydrogens (tertiary/aromatic N) is 1. The van der Waals surface area contributed by atoms with Crippen molar-refractivity contribution in [1.82, 2.24) is 0 Å². The molecular weight excluding hydrogens is 216 g/mol. The third kappa shape index (κ3) is 2.69. The van der Waals surface area contributed by atoms with Crippen molar-refractivity contribution >= 4 is 29.9 Å². The number of amides is 1. The first-order valence-electron chi connectivity index (χ1n) is 4.21. The fourth-order valence-corrected chi connectivity index (χ4v) is 1.23. The molecule has 0 spiro atoms. The van der Waals surface area contributed by atoms with Gasteiger partial charge in [-0.3, -0.25) is 14.9 Å². The van der Waals surface area contributed by atoms with Crippen molar-refractivity contribution in [3.05, 3.63) is 33.9 Å². The van der Waals surface area contributed by atoms with E-state index in [1.807, 2.05) is 0 Å². The standard InChI is InChI=1S/C9H10N2O3S/c1-6-7(10-9(12)5-15)3-2-4-8(6)11(13)14/h2-4,15H,5H2,1H3,(H,10,12). The molecule has 15 heavy (non-hydrogen) atoms. The average Bonchev–Trinajstić information content (AvgIpc) is 2.20. The average molecular weight is 226 g/mol. The van der Waals surface area contributed by atoms with Gasteiger partial charge in [-0.25, -0.2) is 0 Å². The summed E-state index contributed by atoms with van der Waals surface area (Å²) in [6.07, 6.45) is 0. The molecule has 1 N–H and O–H groups in total. The Morgan fingerprint density at radius 1 is 1.60 bits per heavy atom. The number of nitro groups is 1. The molecular formula is C9H10N2O3S. The molecule has 0 heterocycles. The molecule has 5 nitrogen and oxygen atoms in total. The molecule has 1 aromatic carbocycles. The van der Waals surface area contributed by atoms with E-state index in [2.05, 4.69) is 17.9 Å². The van der Waals surface area contributed by atoms with Gasteiger partial charge in [0.2, 0.25) is 5.91 Å². The van der Waals surface area contributed by atoms with Crippen molar-refractivity contribution < 1.29 is 9.72 Å². The zero-order chi connectivity index (χ0) is 11.4. The van der Waals surface area contributed by atoms with Crippen molar-refractivity contribution in [2.75, 3.05) is 11.1 Å². The molecule has 80 valence electrons. The molecule has 0 bridgehead atoms. The first-order chi connectivity index (χ1) is 7.06. The second-order valence-electron chi connectivity index (χ2n) is 2.91. The third-order valence-electron chi connectivity index (χ3n) is 1.92. The Morgan fingerprint density at radius 3 is 2.80 bits per heavy atom. The second-order valence-corrected chi connectivity index (χ2v) is 3.23. The van der Waals surface area contributed by atoms with E-state index in [1.165, 1.54) is 12.1 Å². The van der Waals surface area contributed by atoms with Crippen LogP contribution in [0.25, 0.3) is 0 Å². The molecule has 0 aliphatic heterocycles. The van der Waals surface area contributed by atoms with E-state index >= 15 is 0 Å². The van der Waals surface area contributed by atoms with Crippen molar-refractivity contribution in [2.24, 2.45) is 0 Å². The second kappa shape index (κ2) is 4.79. The van der Waals surface area contributed by atoms with Crippen molar-refractivity contribution in [2.45, 2.75) is 6.92 Å². The molecule has 1 amide bonds. The van der Waals surface area contributed by atoms with Crippen LogP contribution in [0.2, 0.25) is 0 Å². The maximum Gasteiger partial charge on any atom is 0.274 e. The topological polar surface area (TPSA) is 72.2 Å². The van der Waals surface area contributed by atoms with Gasteiger partial charge in [0.05, 0.1) is 21.9 Å². The Balaban J connectivity index is 3.04. The van der Waals surface area contributed by atoms with Crippen LogP contribution in [-0.2, 0) is 4.79 Å². The summed E-state index contributed by atoms with van der Waals surface area (Å²) in [5.74, 6) is -0.246. The molecule has 0 aliphatic carbocycles. The van der Waals surface area contributed by atoms with Gasteiger partial charge >= 0.3 is 0 Å². The van der Waals surface area contributed by atoms with Crippen LogP contribution in [0.4, 0.5) is 11.4 Å². The summed E-state index contributed by atoms with van der Waals surface area (Å²) in [4.78, 5) is 21.2. The van der Waals surface area contributed by atoms with Gasteiger partial charge in [0, 0.05) is 6.07 Å². The lowest BCUT2D eigenvalue weighted by atomic mass is 10.1. The van der Waals surface area contributed by atoms with Crippen molar-refractivity contribution in [1.29, 1.82) is 0 Å². The van der Waals surface area contributed by atoms with E-state index in [0.717, 1.165) is 0 Å². The highest BCUT2D eigenvalue weighted by Crippen LogP contribution is 2.24. The van der Waals surface area contributed by atoms with Crippen LogP contribution in [0.15, 0.2) is 18.2 Å². The number of carbonyl (C=O) groups is 1. The molecule has 0 saturated heterocycles. The molecule has 1 rings (SSSR count). The summed E-state index contributed by atoms with van der Waals surface area (Å²) in [6, 6.07) is 4.54. The molecule has 0 aliphatic rings. The lowest BCUT2D eigenvalue weighted by Gasteiger charge is -2.06. The smallest absolute Gasteiger partial charge is 0.274 e. The SMILES string of the molecule is Cc1c(NC(=O)CS)cccc1[N+](=O)[O-]. The predicted molar refractivity (Wildman–Crippen MR) is 60.3 cm³/mol. The Morgan fingerprint density at radius 2 is 2.27 bits per heavy atom. The highest BCUT2D eigenvalue weighted by atomic mass is 32.1. The minimum atomic E-state index is -0.480. The largest absolute Gasteiger partial charge is 0.325 e. The molecule has 0 unspecified atom stereocenters. The number of rotatable bonds is 3. The van der Waals surface area contributed by atoms with Crippen molar-refractivity contribution in [3.63, 3.8) is 0 Å². The number of thiol groups is 1. The molecule has 0 fully saturated rings. The highest BCUT2D eigenvalue weighted by Gasteiger charge is 2.13. The fourth-order valence-electron chi connectivity index (χ4n) is 1.15. The highest BCUT2D eigenvalue weighted by molar-refractivity contribution is 7.81. The Bertz CT molecular complexity index is 406. The fraction of sp³-hybridized carbons (Fsp3) is 0.222. The van der Waals surface area contributed by atoms with Crippen LogP contribution in [0.3, 0.4) is 0 Å². The van der Waals surface area contributed by atoms with Gasteiger partial charge in [0.25, 0.3) is 5.69 Å². The molecule has 0 aromatic heterocycles. The summed E-state index contributed by atoms with van der Waals surface area (Å²) in [5.41, 5.74) is 0.882. The van der Waals surface area contributed by atoms with Gasteiger partial charge < -0.3 is 5.32 Å². The lowest BCUT2D eigenvalue weighted by Crippen LogP contribution is -2.13. The van der Waals surface area contributed by atoms with Gasteiger partial charge in [-0.15, -0.1) is 0 Å². The van der Waals surface area contributed by atoms with Crippen LogP contribution >= 0.6 is 12.6 Å². The number of anilines is 1. The monoisotopic (exact) mass is 226 g/mol. The Hall–Kier alpha value is -1.56.